The topological polar surface area (TPSA) is 279 Å². The highest BCUT2D eigenvalue weighted by atomic mass is 32.2. The van der Waals surface area contributed by atoms with Crippen LogP contribution in [0.3, 0.4) is 0 Å². The largest absolute Gasteiger partial charge is 0.497 e. The summed E-state index contributed by atoms with van der Waals surface area (Å²) in [6.07, 6.45) is 25.1. The average Bonchev–Trinajstić information content (AvgIpc) is 1.57. The number of benzene rings is 4. The standard InChI is InChI=1S/C40H47N5O6S.C36H40N4O6S.C4H9NO/c1-25(2)52(48,49)42-39(46)27-12-14-33-34(22-27)44-23-29(37-36(40(47)43-16-18-51-19-17-43)41-24-45(37)30-10-7-11-30)20-28-21-31(50-3)13-15-32(28)38(44)35(33)26-8-5-4-6-9-26;1-21(2)47(44,45)38-35(41)23-12-14-29-30(18-23)39-19-25(33-32(36(42)43)37-20-40(33)26-10-7-11-26)16-24-17-27(46-3)13-15-28(24)34(39)31(29)22-8-5-4-6-9-22;1-3-6-4-2-5-1/h12-15,20-22,24-26,30H,4-11,16-19,23H2,1-3H3,(H,42,46);12-18,20-22,26H,4-11,19H2,1-3H3,(H,38,41)(H,42,43);5H,1-4H2. The predicted octanol–water partition coefficient (Wildman–Crippen LogP) is 13.4. The number of aromatic carboxylic acids is 1. The maximum Gasteiger partial charge on any atom is 0.356 e. The van der Waals surface area contributed by atoms with Gasteiger partial charge in [-0.25, -0.2) is 41.0 Å². The fourth-order valence-corrected chi connectivity index (χ4v) is 17.5. The van der Waals surface area contributed by atoms with Crippen LogP contribution in [-0.2, 0) is 42.6 Å². The van der Waals surface area contributed by atoms with Gasteiger partial charge in [0.05, 0.1) is 99.7 Å². The van der Waals surface area contributed by atoms with Gasteiger partial charge in [-0.2, -0.15) is 0 Å². The second-order valence-electron chi connectivity index (χ2n) is 29.6. The Bertz CT molecular complexity index is 4940. The number of aromatic nitrogens is 6. The molecule has 8 aromatic rings. The number of carboxylic acids is 1. The van der Waals surface area contributed by atoms with Crippen LogP contribution in [-0.4, -0.2) is 156 Å². The summed E-state index contributed by atoms with van der Waals surface area (Å²) in [5, 5.41) is 14.0. The number of amides is 3. The van der Waals surface area contributed by atoms with Gasteiger partial charge in [0.15, 0.2) is 11.4 Å². The lowest BCUT2D eigenvalue weighted by atomic mass is 9.81. The van der Waals surface area contributed by atoms with Crippen LogP contribution in [0.15, 0.2) is 85.5 Å². The molecular formula is C80H96N10O13S2. The molecule has 4 aliphatic heterocycles. The minimum absolute atomic E-state index is 0.0129. The Morgan fingerprint density at radius 1 is 0.533 bits per heavy atom. The van der Waals surface area contributed by atoms with E-state index >= 15 is 0 Å². The normalized spacial score (nSPS) is 18.1. The highest BCUT2D eigenvalue weighted by molar-refractivity contribution is 7.90. The first-order valence-corrected chi connectivity index (χ1v) is 40.6. The van der Waals surface area contributed by atoms with Crippen molar-refractivity contribution in [3.63, 3.8) is 0 Å². The van der Waals surface area contributed by atoms with Crippen molar-refractivity contribution in [1.29, 1.82) is 0 Å². The number of nitrogens with zero attached hydrogens (tertiary/aromatic N) is 7. The van der Waals surface area contributed by atoms with E-state index in [2.05, 4.69) is 63.8 Å². The minimum atomic E-state index is -3.83. The molecule has 0 spiro atoms. The third-order valence-corrected chi connectivity index (χ3v) is 25.9. The number of carbonyl (C=O) groups is 4. The van der Waals surface area contributed by atoms with E-state index in [-0.39, 0.29) is 34.8 Å². The Kier molecular flexibility index (Phi) is 21.5. The first-order chi connectivity index (χ1) is 50.7. The van der Waals surface area contributed by atoms with Gasteiger partial charge in [0, 0.05) is 82.3 Å². The molecule has 556 valence electrons. The highest BCUT2D eigenvalue weighted by Crippen LogP contribution is 2.51. The van der Waals surface area contributed by atoms with Gasteiger partial charge in [-0.05, 0) is 210 Å². The molecule has 105 heavy (non-hydrogen) atoms. The third-order valence-electron chi connectivity index (χ3n) is 22.5. The Hall–Kier alpha value is -8.88. The monoisotopic (exact) mass is 1470 g/mol. The molecule has 8 aliphatic rings. The van der Waals surface area contributed by atoms with E-state index < -0.39 is 48.3 Å². The van der Waals surface area contributed by atoms with Crippen molar-refractivity contribution in [2.24, 2.45) is 0 Å². The van der Waals surface area contributed by atoms with Crippen LogP contribution in [0, 0.1) is 0 Å². The van der Waals surface area contributed by atoms with Crippen molar-refractivity contribution in [3.05, 3.63) is 142 Å². The first-order valence-electron chi connectivity index (χ1n) is 37.5. The van der Waals surface area contributed by atoms with E-state index in [0.29, 0.717) is 68.4 Å². The fraction of sp³-hybridized carbons (Fsp3) is 0.475. The lowest BCUT2D eigenvalue weighted by Crippen LogP contribution is -2.41. The molecule has 0 unspecified atom stereocenters. The van der Waals surface area contributed by atoms with Crippen LogP contribution in [0.1, 0.15) is 230 Å². The van der Waals surface area contributed by atoms with Gasteiger partial charge in [0.1, 0.15) is 11.5 Å². The molecule has 8 heterocycles. The molecule has 4 aliphatic carbocycles. The number of fused-ring (bicyclic) bond motifs is 10. The SMILES string of the molecule is C1COCCN1.COc1ccc2c(c1)C=C(c1c(C(=O)N3CCOCC3)ncn1C1CCC1)Cn1c-2c(C2CCCCC2)c2ccc(C(=O)NS(=O)(=O)C(C)C)cc21.COc1ccc2c(c1)C=C(c1c(C(=O)O)ncn1C1CCC1)Cn1c-2c(C2CCCCC2)c2ccc(C(=O)NS(=O)(=O)C(C)C)cc21. The second kappa shape index (κ2) is 30.9. The number of carbonyl (C=O) groups excluding carboxylic acids is 3. The van der Waals surface area contributed by atoms with Crippen LogP contribution >= 0.6 is 0 Å². The molecule has 0 atom stereocenters. The van der Waals surface area contributed by atoms with Gasteiger partial charge in [-0.3, -0.25) is 14.4 Å². The minimum Gasteiger partial charge on any atom is -0.497 e. The van der Waals surface area contributed by atoms with Crippen LogP contribution in [0.25, 0.3) is 67.6 Å². The number of rotatable bonds is 16. The number of allylic oxidation sites excluding steroid dienone is 2. The number of methoxy groups -OCH3 is 2. The summed E-state index contributed by atoms with van der Waals surface area (Å²) in [4.78, 5) is 64.7. The van der Waals surface area contributed by atoms with E-state index in [0.717, 1.165) is 194 Å². The number of hydrogen-bond donors (Lipinski definition) is 4. The zero-order valence-electron chi connectivity index (χ0n) is 60.9. The van der Waals surface area contributed by atoms with Gasteiger partial charge in [-0.15, -0.1) is 0 Å². The van der Waals surface area contributed by atoms with Crippen LogP contribution in [0.5, 0.6) is 11.5 Å². The highest BCUT2D eigenvalue weighted by Gasteiger charge is 2.38. The number of hydrogen-bond acceptors (Lipinski definition) is 15. The smallest absolute Gasteiger partial charge is 0.356 e. The number of morpholine rings is 2. The first kappa shape index (κ1) is 73.0. The van der Waals surface area contributed by atoms with Crippen LogP contribution in [0.2, 0.25) is 0 Å². The summed E-state index contributed by atoms with van der Waals surface area (Å²) in [5.41, 5.74) is 14.3. The molecular weight excluding hydrogens is 1370 g/mol. The summed E-state index contributed by atoms with van der Waals surface area (Å²) in [6.45, 7) is 12.8. The van der Waals surface area contributed by atoms with Gasteiger partial charge in [0.2, 0.25) is 20.0 Å². The Morgan fingerprint density at radius 3 is 1.34 bits per heavy atom. The van der Waals surface area contributed by atoms with Gasteiger partial charge < -0.3 is 52.5 Å². The molecule has 23 nitrogen and oxygen atoms in total. The lowest BCUT2D eigenvalue weighted by Gasteiger charge is -2.30. The Labute approximate surface area is 613 Å². The van der Waals surface area contributed by atoms with Gasteiger partial charge in [0.25, 0.3) is 17.7 Å². The van der Waals surface area contributed by atoms with E-state index in [1.165, 1.54) is 37.8 Å². The van der Waals surface area contributed by atoms with Crippen LogP contribution in [0.4, 0.5) is 0 Å². The summed E-state index contributed by atoms with van der Waals surface area (Å²) < 4.78 is 85.9. The summed E-state index contributed by atoms with van der Waals surface area (Å²) in [7, 11) is -4.36. The molecule has 16 rings (SSSR count). The van der Waals surface area contributed by atoms with E-state index in [1.54, 1.807) is 52.6 Å². The predicted molar refractivity (Wildman–Crippen MR) is 406 cm³/mol. The van der Waals surface area contributed by atoms with E-state index in [9.17, 15) is 41.1 Å². The maximum absolute atomic E-state index is 14.2. The lowest BCUT2D eigenvalue weighted by molar-refractivity contribution is 0.0299. The molecule has 0 radical (unpaired) electrons. The van der Waals surface area contributed by atoms with Crippen molar-refractivity contribution in [2.75, 3.05) is 66.8 Å². The number of sulfonamides is 2. The quantitative estimate of drug-likeness (QED) is 0.0699. The second-order valence-corrected chi connectivity index (χ2v) is 34.0. The summed E-state index contributed by atoms with van der Waals surface area (Å²) >= 11 is 0. The summed E-state index contributed by atoms with van der Waals surface area (Å²) in [6, 6.07) is 23.6. The van der Waals surface area contributed by atoms with Crippen LogP contribution < -0.4 is 24.2 Å². The van der Waals surface area contributed by atoms with Crippen molar-refractivity contribution in [3.8, 4) is 34.0 Å². The average molecular weight is 1470 g/mol. The number of ether oxygens (including phenoxy) is 4. The molecule has 3 amide bonds. The molecule has 4 N–H and O–H groups in total. The molecule has 4 aromatic carbocycles. The van der Waals surface area contributed by atoms with Crippen molar-refractivity contribution < 1.29 is 60.1 Å². The molecule has 6 fully saturated rings. The molecule has 25 heteroatoms. The van der Waals surface area contributed by atoms with Crippen molar-refractivity contribution in [1.82, 2.24) is 47.9 Å². The molecule has 4 aromatic heterocycles. The number of carboxylic acid groups (broad SMARTS) is 1. The number of imidazole rings is 2. The fourth-order valence-electron chi connectivity index (χ4n) is 16.3. The van der Waals surface area contributed by atoms with Gasteiger partial charge in [-0.1, -0.05) is 50.7 Å². The van der Waals surface area contributed by atoms with Gasteiger partial charge >= 0.3 is 5.97 Å². The molecule has 0 bridgehead atoms. The zero-order valence-corrected chi connectivity index (χ0v) is 62.5. The van der Waals surface area contributed by atoms with Crippen molar-refractivity contribution in [2.45, 2.75) is 178 Å². The zero-order chi connectivity index (χ0) is 73.4. The molecule has 2 saturated heterocycles. The number of nitrogens with one attached hydrogen (secondary N) is 3. The maximum atomic E-state index is 14.2. The van der Waals surface area contributed by atoms with Crippen molar-refractivity contribution >= 4 is 88.8 Å². The third kappa shape index (κ3) is 14.7. The van der Waals surface area contributed by atoms with E-state index in [1.807, 2.05) is 52.2 Å². The molecule has 4 saturated carbocycles. The summed E-state index contributed by atoms with van der Waals surface area (Å²) in [5.74, 6) is -0.459. The van der Waals surface area contributed by atoms with E-state index in [4.69, 9.17) is 23.9 Å². The Balaban J connectivity index is 0.000000164. The Morgan fingerprint density at radius 2 is 0.962 bits per heavy atom.